The predicted molar refractivity (Wildman–Crippen MR) is 144 cm³/mol. The van der Waals surface area contributed by atoms with E-state index in [4.69, 9.17) is 0 Å². The molecule has 2 unspecified atom stereocenters. The zero-order valence-corrected chi connectivity index (χ0v) is 21.5. The molecule has 1 heterocycles. The van der Waals surface area contributed by atoms with Crippen LogP contribution < -0.4 is 4.90 Å². The van der Waals surface area contributed by atoms with Crippen LogP contribution in [-0.2, 0) is 0 Å². The molecule has 2 saturated carbocycles. The number of nitrogens with zero attached hydrogens (tertiary/aromatic N) is 1. The summed E-state index contributed by atoms with van der Waals surface area (Å²) in [6.45, 7) is 2.50. The van der Waals surface area contributed by atoms with Crippen LogP contribution in [0.1, 0.15) is 81.5 Å². The number of rotatable bonds is 5. The second-order valence-electron chi connectivity index (χ2n) is 10.3. The first-order chi connectivity index (χ1) is 15.7. The van der Waals surface area contributed by atoms with Crippen molar-refractivity contribution in [3.8, 4) is 0 Å². The molecule has 5 rings (SSSR count). The Hall–Kier alpha value is -1.49. The monoisotopic (exact) mass is 541 g/mol. The first kappa shape index (κ1) is 22.3. The highest BCUT2D eigenvalue weighted by Crippen LogP contribution is 2.43. The van der Waals surface area contributed by atoms with Crippen LogP contribution >= 0.6 is 20.7 Å². The van der Waals surface area contributed by atoms with Gasteiger partial charge in [-0.25, -0.2) is 0 Å². The molecule has 32 heavy (non-hydrogen) atoms. The largest absolute Gasteiger partial charge is 0.311 e. The van der Waals surface area contributed by atoms with Crippen molar-refractivity contribution in [1.82, 2.24) is 0 Å². The lowest BCUT2D eigenvalue weighted by molar-refractivity contribution is 0.0920. The van der Waals surface area contributed by atoms with E-state index < -0.39 is 0 Å². The van der Waals surface area contributed by atoms with Crippen molar-refractivity contribution in [2.45, 2.75) is 71.1 Å². The number of carbonyl (C=O) groups excluding carboxylic acids is 1. The number of Topliss-reactive ketones (excluding diaryl/α,β-unsaturated/α-hetero) is 1. The van der Waals surface area contributed by atoms with Crippen LogP contribution in [0.4, 0.5) is 11.4 Å². The maximum absolute atomic E-state index is 13.0. The highest BCUT2D eigenvalue weighted by molar-refractivity contribution is 14.2. The summed E-state index contributed by atoms with van der Waals surface area (Å²) in [6, 6.07) is 17.0. The third-order valence-corrected chi connectivity index (χ3v) is 10.7. The van der Waals surface area contributed by atoms with E-state index in [1.165, 1.54) is 72.7 Å². The van der Waals surface area contributed by atoms with E-state index in [1.54, 1.807) is 0 Å². The van der Waals surface area contributed by atoms with Crippen molar-refractivity contribution in [3.05, 3.63) is 57.7 Å². The van der Waals surface area contributed by atoms with Crippen LogP contribution in [0.2, 0.25) is 0 Å². The fraction of sp³-hybridized carbons (Fsp3) is 0.517. The van der Waals surface area contributed by atoms with Gasteiger partial charge in [-0.15, -0.1) is 0 Å². The number of benzene rings is 2. The molecule has 170 valence electrons. The second-order valence-corrected chi connectivity index (χ2v) is 12.6. The molecule has 0 spiro atoms. The maximum Gasteiger partial charge on any atom is 0.163 e. The summed E-state index contributed by atoms with van der Waals surface area (Å²) in [6.07, 6.45) is 13.1. The van der Waals surface area contributed by atoms with Crippen molar-refractivity contribution in [1.29, 1.82) is 0 Å². The lowest BCUT2D eigenvalue weighted by Gasteiger charge is -2.36. The van der Waals surface area contributed by atoms with Crippen LogP contribution in [-0.4, -0.2) is 9.92 Å². The molecule has 2 aromatic carbocycles. The Kier molecular flexibility index (Phi) is 7.11. The minimum atomic E-state index is -0.0565. The SMILES string of the molecule is CC1CCCCCC1C1CCC(CC(=O)c2ccc(N3C=Ic4ccccc43)cc2)CC1. The zero-order valence-electron chi connectivity index (χ0n) is 19.3. The Balaban J connectivity index is 1.15. The zero-order chi connectivity index (χ0) is 21.9. The molecule has 2 nitrogen and oxygen atoms in total. The molecule has 3 heteroatoms. The summed E-state index contributed by atoms with van der Waals surface area (Å²) in [5.41, 5.74) is 3.36. The highest BCUT2D eigenvalue weighted by atomic mass is 127. The van der Waals surface area contributed by atoms with Gasteiger partial charge in [-0.2, -0.15) is 0 Å². The van der Waals surface area contributed by atoms with Crippen LogP contribution in [0.25, 0.3) is 0 Å². The van der Waals surface area contributed by atoms with E-state index in [-0.39, 0.29) is 20.7 Å². The number of halogens is 1. The molecule has 1 aliphatic heterocycles. The average Bonchev–Trinajstić information content (AvgIpc) is 3.14. The van der Waals surface area contributed by atoms with Crippen molar-refractivity contribution >= 4 is 42.0 Å². The Morgan fingerprint density at radius 2 is 1.66 bits per heavy atom. The molecule has 2 atom stereocenters. The number of hydrogen-bond donors (Lipinski definition) is 0. The van der Waals surface area contributed by atoms with E-state index in [2.05, 4.69) is 52.4 Å². The van der Waals surface area contributed by atoms with Gasteiger partial charge in [0.15, 0.2) is 5.78 Å². The molecule has 2 fully saturated rings. The van der Waals surface area contributed by atoms with Gasteiger partial charge in [0, 0.05) is 25.4 Å². The number of para-hydroxylation sites is 1. The Bertz CT molecular complexity index is 957. The van der Waals surface area contributed by atoms with E-state index in [0.29, 0.717) is 11.7 Å². The normalized spacial score (nSPS) is 28.0. The number of carbonyl (C=O) groups is 1. The van der Waals surface area contributed by atoms with Gasteiger partial charge in [-0.1, -0.05) is 65.5 Å². The minimum absolute atomic E-state index is 0.0565. The van der Waals surface area contributed by atoms with Crippen LogP contribution in [0.15, 0.2) is 48.5 Å². The summed E-state index contributed by atoms with van der Waals surface area (Å²) in [5, 5.41) is 0. The van der Waals surface area contributed by atoms with Gasteiger partial charge in [-0.05, 0) is 92.2 Å². The number of ketones is 1. The standard InChI is InChI=1S/C29H36INO/c1-21-7-3-2-4-8-26(21)23-13-11-22(12-14-23)19-29(32)24-15-17-25(18-16-24)31-20-30-27-9-5-6-10-28(27)31/h5-6,9-10,15-18,20-23,26H,2-4,7-8,11-14,19H2,1H3. The van der Waals surface area contributed by atoms with Gasteiger partial charge in [-0.3, -0.25) is 4.79 Å². The van der Waals surface area contributed by atoms with Gasteiger partial charge in [0.2, 0.25) is 0 Å². The summed E-state index contributed by atoms with van der Waals surface area (Å²) in [7, 11) is 0. The van der Waals surface area contributed by atoms with E-state index in [1.807, 2.05) is 12.1 Å². The number of anilines is 2. The van der Waals surface area contributed by atoms with Crippen LogP contribution in [0.3, 0.4) is 0 Å². The fourth-order valence-electron chi connectivity index (χ4n) is 6.32. The summed E-state index contributed by atoms with van der Waals surface area (Å²) in [5.74, 6) is 3.68. The number of fused-ring (bicyclic) bond motifs is 1. The first-order valence-corrected chi connectivity index (χ1v) is 15.0. The van der Waals surface area contributed by atoms with Gasteiger partial charge >= 0.3 is 0 Å². The molecule has 0 amide bonds. The molecular weight excluding hydrogens is 505 g/mol. The van der Waals surface area contributed by atoms with Crippen molar-refractivity contribution < 1.29 is 4.79 Å². The predicted octanol–water partition coefficient (Wildman–Crippen LogP) is 8.33. The van der Waals surface area contributed by atoms with E-state index in [0.717, 1.165) is 29.7 Å². The van der Waals surface area contributed by atoms with Crippen molar-refractivity contribution in [2.24, 2.45) is 23.7 Å². The van der Waals surface area contributed by atoms with Crippen molar-refractivity contribution in [3.63, 3.8) is 0 Å². The average molecular weight is 542 g/mol. The Morgan fingerprint density at radius 3 is 2.47 bits per heavy atom. The first-order valence-electron chi connectivity index (χ1n) is 12.7. The molecule has 0 aromatic heterocycles. The summed E-state index contributed by atoms with van der Waals surface area (Å²) >= 11 is -0.0565. The molecule has 0 bridgehead atoms. The highest BCUT2D eigenvalue weighted by Gasteiger charge is 2.32. The Morgan fingerprint density at radius 1 is 0.906 bits per heavy atom. The molecule has 0 saturated heterocycles. The van der Waals surface area contributed by atoms with Gasteiger partial charge in [0.25, 0.3) is 0 Å². The van der Waals surface area contributed by atoms with Gasteiger partial charge < -0.3 is 4.90 Å². The smallest absolute Gasteiger partial charge is 0.163 e. The van der Waals surface area contributed by atoms with Gasteiger partial charge in [0.1, 0.15) is 0 Å². The summed E-state index contributed by atoms with van der Waals surface area (Å²) in [4.78, 5) is 15.3. The second kappa shape index (κ2) is 10.2. The van der Waals surface area contributed by atoms with E-state index in [9.17, 15) is 4.79 Å². The quantitative estimate of drug-likeness (QED) is 0.216. The van der Waals surface area contributed by atoms with Crippen molar-refractivity contribution in [2.75, 3.05) is 4.90 Å². The molecule has 0 radical (unpaired) electrons. The molecular formula is C29H36INO. The van der Waals surface area contributed by atoms with Crippen LogP contribution in [0, 0.1) is 27.2 Å². The molecule has 3 aliphatic rings. The van der Waals surface area contributed by atoms with Crippen LogP contribution in [0.5, 0.6) is 0 Å². The maximum atomic E-state index is 13.0. The molecule has 0 N–H and O–H groups in total. The lowest BCUT2D eigenvalue weighted by Crippen LogP contribution is -2.26. The summed E-state index contributed by atoms with van der Waals surface area (Å²) < 4.78 is 3.81. The lowest BCUT2D eigenvalue weighted by atomic mass is 9.69. The topological polar surface area (TPSA) is 20.3 Å². The third kappa shape index (κ3) is 4.88. The fourth-order valence-corrected chi connectivity index (χ4v) is 8.69. The van der Waals surface area contributed by atoms with E-state index >= 15 is 0 Å². The Labute approximate surface area is 203 Å². The number of hydrogen-bond acceptors (Lipinski definition) is 2. The minimum Gasteiger partial charge on any atom is -0.311 e. The molecule has 2 aromatic rings. The molecule has 2 aliphatic carbocycles. The van der Waals surface area contributed by atoms with Gasteiger partial charge in [0.05, 0.1) is 5.69 Å². The third-order valence-electron chi connectivity index (χ3n) is 8.24.